The third kappa shape index (κ3) is 3.03. The maximum absolute atomic E-state index is 11.5. The molecular formula is C11H11ClN4O4S. The smallest absolute Gasteiger partial charge is 0.294 e. The summed E-state index contributed by atoms with van der Waals surface area (Å²) in [7, 11) is 1.27. The second-order valence-electron chi connectivity index (χ2n) is 4.52. The molecular weight excluding hydrogens is 320 g/mol. The minimum absolute atomic E-state index is 0.124. The molecule has 0 atom stereocenters. The lowest BCUT2D eigenvalue weighted by atomic mass is 10.2. The van der Waals surface area contributed by atoms with Crippen molar-refractivity contribution in [3.05, 3.63) is 34.4 Å². The number of non-ortho nitro benzene ring substituents is 1. The largest absolute Gasteiger partial charge is 0.296 e. The summed E-state index contributed by atoms with van der Waals surface area (Å²) in [6, 6.07) is 5.41. The van der Waals surface area contributed by atoms with Gasteiger partial charge in [-0.05, 0) is 13.8 Å². The van der Waals surface area contributed by atoms with E-state index in [1.807, 2.05) is 0 Å². The van der Waals surface area contributed by atoms with E-state index in [0.717, 1.165) is 0 Å². The molecule has 1 heterocycles. The van der Waals surface area contributed by atoms with Gasteiger partial charge < -0.3 is 0 Å². The van der Waals surface area contributed by atoms with Gasteiger partial charge in [0.1, 0.15) is 0 Å². The van der Waals surface area contributed by atoms with Crippen LogP contribution in [0, 0.1) is 10.1 Å². The second-order valence-corrected chi connectivity index (χ2v) is 6.97. The highest BCUT2D eigenvalue weighted by atomic mass is 35.7. The molecule has 2 rings (SSSR count). The van der Waals surface area contributed by atoms with E-state index in [1.54, 1.807) is 19.9 Å². The Balaban J connectivity index is 2.68. The summed E-state index contributed by atoms with van der Waals surface area (Å²) in [6.07, 6.45) is 0. The van der Waals surface area contributed by atoms with Gasteiger partial charge >= 0.3 is 0 Å². The standard InChI is InChI=1S/C11H11ClN4O4S/c1-7(2)15-10(13-14-11(15)21(12,19)20)8-4-3-5-9(6-8)16(17)18/h3-7H,1-2H3. The van der Waals surface area contributed by atoms with Crippen molar-refractivity contribution in [3.8, 4) is 11.4 Å². The van der Waals surface area contributed by atoms with Crippen LogP contribution in [0.1, 0.15) is 19.9 Å². The fraction of sp³-hybridized carbons (Fsp3) is 0.273. The zero-order chi connectivity index (χ0) is 15.8. The molecule has 0 unspecified atom stereocenters. The zero-order valence-electron chi connectivity index (χ0n) is 11.1. The summed E-state index contributed by atoms with van der Waals surface area (Å²) in [6.45, 7) is 3.46. The lowest BCUT2D eigenvalue weighted by molar-refractivity contribution is -0.384. The van der Waals surface area contributed by atoms with Crippen molar-refractivity contribution in [1.82, 2.24) is 14.8 Å². The van der Waals surface area contributed by atoms with E-state index in [9.17, 15) is 18.5 Å². The number of hydrogen-bond donors (Lipinski definition) is 0. The first-order valence-corrected chi connectivity index (χ1v) is 8.17. The third-order valence-corrected chi connectivity index (χ3v) is 3.84. The lowest BCUT2D eigenvalue weighted by Gasteiger charge is -2.12. The van der Waals surface area contributed by atoms with E-state index < -0.39 is 14.0 Å². The molecule has 0 amide bonds. The van der Waals surface area contributed by atoms with Crippen LogP contribution in [0.3, 0.4) is 0 Å². The van der Waals surface area contributed by atoms with Gasteiger partial charge in [-0.15, -0.1) is 10.2 Å². The van der Waals surface area contributed by atoms with E-state index in [-0.39, 0.29) is 22.7 Å². The van der Waals surface area contributed by atoms with Crippen LogP contribution < -0.4 is 0 Å². The number of benzene rings is 1. The normalized spacial score (nSPS) is 11.8. The van der Waals surface area contributed by atoms with Crippen LogP contribution in [0.5, 0.6) is 0 Å². The third-order valence-electron chi connectivity index (χ3n) is 2.71. The van der Waals surface area contributed by atoms with Crippen molar-refractivity contribution in [3.63, 3.8) is 0 Å². The number of nitro groups is 1. The van der Waals surface area contributed by atoms with Gasteiger partial charge in [0.05, 0.1) is 4.92 Å². The molecule has 0 spiro atoms. The summed E-state index contributed by atoms with van der Waals surface area (Å²) in [5.41, 5.74) is 0.262. The number of aromatic nitrogens is 3. The van der Waals surface area contributed by atoms with Crippen LogP contribution in [-0.2, 0) is 9.05 Å². The summed E-state index contributed by atoms with van der Waals surface area (Å²) >= 11 is 0. The highest BCUT2D eigenvalue weighted by Crippen LogP contribution is 2.28. The van der Waals surface area contributed by atoms with Gasteiger partial charge in [0.15, 0.2) is 5.82 Å². The molecule has 10 heteroatoms. The van der Waals surface area contributed by atoms with E-state index in [2.05, 4.69) is 10.2 Å². The minimum Gasteiger partial charge on any atom is -0.294 e. The first-order chi connectivity index (χ1) is 9.71. The summed E-state index contributed by atoms with van der Waals surface area (Å²) in [5.74, 6) is 0.202. The summed E-state index contributed by atoms with van der Waals surface area (Å²) < 4.78 is 24.3. The van der Waals surface area contributed by atoms with E-state index in [1.165, 1.54) is 22.8 Å². The molecule has 2 aromatic rings. The van der Waals surface area contributed by atoms with Gasteiger partial charge in [0.25, 0.3) is 19.9 Å². The van der Waals surface area contributed by atoms with Crippen molar-refractivity contribution in [2.45, 2.75) is 25.0 Å². The Kier molecular flexibility index (Phi) is 3.97. The highest BCUT2D eigenvalue weighted by molar-refractivity contribution is 8.13. The monoisotopic (exact) mass is 330 g/mol. The topological polar surface area (TPSA) is 108 Å². The van der Waals surface area contributed by atoms with Crippen molar-refractivity contribution in [1.29, 1.82) is 0 Å². The van der Waals surface area contributed by atoms with Crippen LogP contribution in [-0.4, -0.2) is 28.1 Å². The van der Waals surface area contributed by atoms with Gasteiger partial charge in [-0.3, -0.25) is 14.7 Å². The molecule has 0 fully saturated rings. The lowest BCUT2D eigenvalue weighted by Crippen LogP contribution is -2.10. The molecule has 1 aromatic heterocycles. The zero-order valence-corrected chi connectivity index (χ0v) is 12.7. The average Bonchev–Trinajstić information content (AvgIpc) is 2.83. The Morgan fingerprint density at radius 3 is 2.52 bits per heavy atom. The van der Waals surface area contributed by atoms with Crippen LogP contribution in [0.2, 0.25) is 0 Å². The molecule has 0 saturated heterocycles. The van der Waals surface area contributed by atoms with Crippen molar-refractivity contribution in [2.24, 2.45) is 0 Å². The first-order valence-electron chi connectivity index (χ1n) is 5.86. The Labute approximate surface area is 124 Å². The summed E-state index contributed by atoms with van der Waals surface area (Å²) in [5, 5.41) is 17.8. The van der Waals surface area contributed by atoms with E-state index in [0.29, 0.717) is 5.56 Å². The fourth-order valence-corrected chi connectivity index (χ4v) is 2.85. The molecule has 0 aliphatic rings. The van der Waals surface area contributed by atoms with Crippen molar-refractivity contribution < 1.29 is 13.3 Å². The van der Waals surface area contributed by atoms with Crippen molar-refractivity contribution >= 4 is 25.4 Å². The highest BCUT2D eigenvalue weighted by Gasteiger charge is 2.25. The maximum Gasteiger partial charge on any atom is 0.296 e. The molecule has 0 radical (unpaired) electrons. The number of nitro benzene ring substituents is 1. The van der Waals surface area contributed by atoms with Crippen LogP contribution in [0.25, 0.3) is 11.4 Å². The van der Waals surface area contributed by atoms with Gasteiger partial charge in [-0.25, -0.2) is 8.42 Å². The molecule has 0 aliphatic carbocycles. The van der Waals surface area contributed by atoms with Crippen LogP contribution >= 0.6 is 10.7 Å². The number of halogens is 1. The molecule has 0 N–H and O–H groups in total. The average molecular weight is 331 g/mol. The molecule has 8 nitrogen and oxygen atoms in total. The fourth-order valence-electron chi connectivity index (χ4n) is 1.86. The van der Waals surface area contributed by atoms with E-state index >= 15 is 0 Å². The molecule has 0 saturated carbocycles. The molecule has 1 aromatic carbocycles. The Morgan fingerprint density at radius 1 is 1.33 bits per heavy atom. The Hall–Kier alpha value is -2.00. The van der Waals surface area contributed by atoms with Gasteiger partial charge in [0, 0.05) is 34.4 Å². The minimum atomic E-state index is -4.06. The summed E-state index contributed by atoms with van der Waals surface area (Å²) in [4.78, 5) is 10.3. The van der Waals surface area contributed by atoms with Crippen molar-refractivity contribution in [2.75, 3.05) is 0 Å². The second kappa shape index (κ2) is 5.41. The predicted octanol–water partition coefficient (Wildman–Crippen LogP) is 2.36. The molecule has 112 valence electrons. The van der Waals surface area contributed by atoms with Crippen LogP contribution in [0.15, 0.2) is 29.4 Å². The van der Waals surface area contributed by atoms with Crippen LogP contribution in [0.4, 0.5) is 5.69 Å². The van der Waals surface area contributed by atoms with Gasteiger partial charge in [0.2, 0.25) is 0 Å². The number of hydrogen-bond acceptors (Lipinski definition) is 6. The van der Waals surface area contributed by atoms with Gasteiger partial charge in [-0.2, -0.15) is 0 Å². The maximum atomic E-state index is 11.5. The SMILES string of the molecule is CC(C)n1c(-c2cccc([N+](=O)[O-])c2)nnc1S(=O)(=O)Cl. The molecule has 0 aliphatic heterocycles. The number of nitrogens with zero attached hydrogens (tertiary/aromatic N) is 4. The van der Waals surface area contributed by atoms with Gasteiger partial charge in [-0.1, -0.05) is 12.1 Å². The Morgan fingerprint density at radius 2 is 2.00 bits per heavy atom. The predicted molar refractivity (Wildman–Crippen MR) is 75.5 cm³/mol. The van der Waals surface area contributed by atoms with E-state index in [4.69, 9.17) is 10.7 Å². The number of rotatable bonds is 4. The quantitative estimate of drug-likeness (QED) is 0.483. The first kappa shape index (κ1) is 15.4. The molecule has 21 heavy (non-hydrogen) atoms. The Bertz CT molecular complexity index is 800. The molecule has 0 bridgehead atoms.